The molecule has 3 heterocycles. The van der Waals surface area contributed by atoms with E-state index in [0.717, 1.165) is 54.5 Å². The van der Waals surface area contributed by atoms with Gasteiger partial charge in [-0.2, -0.15) is 0 Å². The van der Waals surface area contributed by atoms with Crippen molar-refractivity contribution in [3.05, 3.63) is 21.3 Å². The van der Waals surface area contributed by atoms with Gasteiger partial charge in [0, 0.05) is 18.0 Å². The highest BCUT2D eigenvalue weighted by Gasteiger charge is 2.25. The van der Waals surface area contributed by atoms with Gasteiger partial charge in [0.05, 0.1) is 23.5 Å². The first-order valence-corrected chi connectivity index (χ1v) is 10.5. The van der Waals surface area contributed by atoms with E-state index in [9.17, 15) is 9.59 Å². The van der Waals surface area contributed by atoms with Crippen molar-refractivity contribution < 1.29 is 9.59 Å². The molecule has 2 atom stereocenters. The highest BCUT2D eigenvalue weighted by molar-refractivity contribution is 7.16. The van der Waals surface area contributed by atoms with E-state index in [0.29, 0.717) is 25.6 Å². The smallest absolute Gasteiger partial charge is 0.237 e. The molecule has 0 spiro atoms. The molecule has 6 nitrogen and oxygen atoms in total. The van der Waals surface area contributed by atoms with Crippen molar-refractivity contribution in [2.45, 2.75) is 38.3 Å². The van der Waals surface area contributed by atoms with Crippen LogP contribution in [0.1, 0.15) is 30.6 Å². The van der Waals surface area contributed by atoms with Gasteiger partial charge in [0.15, 0.2) is 0 Å². The summed E-state index contributed by atoms with van der Waals surface area (Å²) in [6, 6.07) is 3.76. The van der Waals surface area contributed by atoms with Crippen LogP contribution in [0.4, 0.5) is 0 Å². The maximum atomic E-state index is 12.2. The summed E-state index contributed by atoms with van der Waals surface area (Å²) in [4.78, 5) is 27.5. The SMILES string of the molecule is Cl.O=C(CN1CCCC(CNC(=O)C2CCCN2)C1)NCc1ccc(Cl)s1. The van der Waals surface area contributed by atoms with Crippen LogP contribution in [0.15, 0.2) is 12.1 Å². The second-order valence-electron chi connectivity index (χ2n) is 7.12. The van der Waals surface area contributed by atoms with Crippen molar-refractivity contribution in [3.63, 3.8) is 0 Å². The molecule has 3 N–H and O–H groups in total. The molecular formula is C18H28Cl2N4O2S. The predicted molar refractivity (Wildman–Crippen MR) is 112 cm³/mol. The number of carbonyl (C=O) groups excluding carboxylic acids is 2. The lowest BCUT2D eigenvalue weighted by Crippen LogP contribution is -2.47. The van der Waals surface area contributed by atoms with Crippen LogP contribution in [0.2, 0.25) is 4.34 Å². The third kappa shape index (κ3) is 7.23. The molecule has 2 saturated heterocycles. The molecule has 2 aliphatic heterocycles. The van der Waals surface area contributed by atoms with Gasteiger partial charge in [-0.15, -0.1) is 23.7 Å². The number of likely N-dealkylation sites (tertiary alicyclic amines) is 1. The lowest BCUT2D eigenvalue weighted by atomic mass is 9.98. The van der Waals surface area contributed by atoms with Crippen LogP contribution in [0.5, 0.6) is 0 Å². The molecule has 152 valence electrons. The highest BCUT2D eigenvalue weighted by Crippen LogP contribution is 2.21. The third-order valence-electron chi connectivity index (χ3n) is 5.00. The minimum absolute atomic E-state index is 0. The number of nitrogens with one attached hydrogen (secondary N) is 3. The summed E-state index contributed by atoms with van der Waals surface area (Å²) < 4.78 is 0.739. The normalized spacial score (nSPS) is 22.9. The largest absolute Gasteiger partial charge is 0.354 e. The molecule has 2 fully saturated rings. The summed E-state index contributed by atoms with van der Waals surface area (Å²) in [5.41, 5.74) is 0. The zero-order valence-electron chi connectivity index (χ0n) is 15.3. The molecule has 27 heavy (non-hydrogen) atoms. The maximum absolute atomic E-state index is 12.2. The summed E-state index contributed by atoms with van der Waals surface area (Å²) in [6.07, 6.45) is 4.17. The van der Waals surface area contributed by atoms with Crippen molar-refractivity contribution in [3.8, 4) is 0 Å². The third-order valence-corrected chi connectivity index (χ3v) is 6.23. The molecule has 3 rings (SSSR count). The lowest BCUT2D eigenvalue weighted by Gasteiger charge is -2.32. The van der Waals surface area contributed by atoms with E-state index in [1.165, 1.54) is 11.3 Å². The van der Waals surface area contributed by atoms with Crippen molar-refractivity contribution in [1.82, 2.24) is 20.9 Å². The van der Waals surface area contributed by atoms with Gasteiger partial charge in [0.2, 0.25) is 11.8 Å². The van der Waals surface area contributed by atoms with E-state index in [2.05, 4.69) is 20.9 Å². The Morgan fingerprint density at radius 3 is 2.81 bits per heavy atom. The molecule has 1 aromatic rings. The summed E-state index contributed by atoms with van der Waals surface area (Å²) in [5, 5.41) is 9.26. The average molecular weight is 435 g/mol. The molecule has 2 aliphatic rings. The van der Waals surface area contributed by atoms with E-state index < -0.39 is 0 Å². The molecule has 0 aliphatic carbocycles. The Hall–Kier alpha value is -0.860. The number of hydrogen-bond acceptors (Lipinski definition) is 5. The van der Waals surface area contributed by atoms with Crippen LogP contribution in [-0.2, 0) is 16.1 Å². The number of hydrogen-bond donors (Lipinski definition) is 3. The lowest BCUT2D eigenvalue weighted by molar-refractivity contribution is -0.124. The van der Waals surface area contributed by atoms with Crippen LogP contribution in [0.3, 0.4) is 0 Å². The summed E-state index contributed by atoms with van der Waals surface area (Å²) in [7, 11) is 0. The first kappa shape index (κ1) is 22.4. The molecule has 2 unspecified atom stereocenters. The van der Waals surface area contributed by atoms with Crippen molar-refractivity contribution >= 4 is 47.2 Å². The first-order valence-electron chi connectivity index (χ1n) is 9.34. The highest BCUT2D eigenvalue weighted by atomic mass is 35.5. The minimum atomic E-state index is -0.0220. The minimum Gasteiger partial charge on any atom is -0.354 e. The predicted octanol–water partition coefficient (Wildman–Crippen LogP) is 2.02. The number of thiophene rings is 1. The number of amides is 2. The van der Waals surface area contributed by atoms with Crippen LogP contribution in [0.25, 0.3) is 0 Å². The van der Waals surface area contributed by atoms with Gasteiger partial charge in [-0.25, -0.2) is 0 Å². The van der Waals surface area contributed by atoms with Gasteiger partial charge in [0.25, 0.3) is 0 Å². The Morgan fingerprint density at radius 1 is 1.26 bits per heavy atom. The second kappa shape index (κ2) is 11.2. The molecule has 2 amide bonds. The molecule has 0 bridgehead atoms. The van der Waals surface area contributed by atoms with Crippen molar-refractivity contribution in [1.29, 1.82) is 0 Å². The van der Waals surface area contributed by atoms with Crippen LogP contribution < -0.4 is 16.0 Å². The maximum Gasteiger partial charge on any atom is 0.237 e. The van der Waals surface area contributed by atoms with Crippen LogP contribution in [0, 0.1) is 5.92 Å². The Bertz CT molecular complexity index is 622. The fourth-order valence-electron chi connectivity index (χ4n) is 3.63. The summed E-state index contributed by atoms with van der Waals surface area (Å²) in [6.45, 7) is 4.36. The van der Waals surface area contributed by atoms with E-state index in [4.69, 9.17) is 11.6 Å². The van der Waals surface area contributed by atoms with Crippen LogP contribution in [-0.4, -0.2) is 55.5 Å². The van der Waals surface area contributed by atoms with E-state index in [1.807, 2.05) is 12.1 Å². The monoisotopic (exact) mass is 434 g/mol. The quantitative estimate of drug-likeness (QED) is 0.613. The Morgan fingerprint density at radius 2 is 2.11 bits per heavy atom. The molecule has 0 aromatic carbocycles. The number of piperidine rings is 1. The van der Waals surface area contributed by atoms with Gasteiger partial charge in [-0.1, -0.05) is 11.6 Å². The zero-order valence-corrected chi connectivity index (χ0v) is 17.7. The molecule has 1 aromatic heterocycles. The standard InChI is InChI=1S/C18H27ClN4O2S.ClH/c19-16-6-5-14(26-16)10-21-17(24)12-23-8-2-3-13(11-23)9-22-18(25)15-4-1-7-20-15;/h5-6,13,15,20H,1-4,7-12H2,(H,21,24)(H,22,25);1H. The number of nitrogens with zero attached hydrogens (tertiary/aromatic N) is 1. The molecule has 0 radical (unpaired) electrons. The van der Waals surface area contributed by atoms with Crippen molar-refractivity contribution in [2.24, 2.45) is 5.92 Å². The number of carbonyl (C=O) groups is 2. The number of rotatable bonds is 7. The number of halogens is 2. The Balaban J connectivity index is 0.00000261. The summed E-state index contributed by atoms with van der Waals surface area (Å²) >= 11 is 7.39. The first-order chi connectivity index (χ1) is 12.6. The molecule has 0 saturated carbocycles. The van der Waals surface area contributed by atoms with E-state index >= 15 is 0 Å². The van der Waals surface area contributed by atoms with Crippen LogP contribution >= 0.6 is 35.3 Å². The topological polar surface area (TPSA) is 73.5 Å². The van der Waals surface area contributed by atoms with E-state index in [1.54, 1.807) is 0 Å². The summed E-state index contributed by atoms with van der Waals surface area (Å²) in [5.74, 6) is 0.569. The fraction of sp³-hybridized carbons (Fsp3) is 0.667. The average Bonchev–Trinajstić information content (AvgIpc) is 3.30. The molecular weight excluding hydrogens is 407 g/mol. The van der Waals surface area contributed by atoms with Gasteiger partial charge in [-0.05, 0) is 56.8 Å². The van der Waals surface area contributed by atoms with Gasteiger partial charge >= 0.3 is 0 Å². The van der Waals surface area contributed by atoms with Crippen molar-refractivity contribution in [2.75, 3.05) is 32.7 Å². The van der Waals surface area contributed by atoms with E-state index in [-0.39, 0.29) is 30.3 Å². The second-order valence-corrected chi connectivity index (χ2v) is 8.92. The molecule has 9 heteroatoms. The van der Waals surface area contributed by atoms with Gasteiger partial charge in [0.1, 0.15) is 0 Å². The van der Waals surface area contributed by atoms with Gasteiger partial charge in [-0.3, -0.25) is 14.5 Å². The zero-order chi connectivity index (χ0) is 18.4. The Kier molecular flexibility index (Phi) is 9.32. The van der Waals surface area contributed by atoms with Gasteiger partial charge < -0.3 is 16.0 Å². The fourth-order valence-corrected chi connectivity index (χ4v) is 4.66. The Labute approximate surface area is 175 Å².